The van der Waals surface area contributed by atoms with E-state index in [1.165, 1.54) is 0 Å². The maximum absolute atomic E-state index is 11.2. The average molecular weight is 208 g/mol. The van der Waals surface area contributed by atoms with Crippen LogP contribution in [-0.4, -0.2) is 22.0 Å². The molecule has 0 aliphatic heterocycles. The van der Waals surface area contributed by atoms with Gasteiger partial charge in [-0.2, -0.15) is 0 Å². The van der Waals surface area contributed by atoms with Crippen molar-refractivity contribution in [1.29, 1.82) is 0 Å². The Morgan fingerprint density at radius 1 is 1.40 bits per heavy atom. The fourth-order valence-corrected chi connectivity index (χ4v) is 1.04. The second-order valence-electron chi connectivity index (χ2n) is 3.11. The van der Waals surface area contributed by atoms with Crippen molar-refractivity contribution >= 4 is 17.7 Å². The number of hydrogen-bond donors (Lipinski definition) is 2. The lowest BCUT2D eigenvalue weighted by atomic mass is 10.3. The van der Waals surface area contributed by atoms with Crippen molar-refractivity contribution in [2.24, 2.45) is 0 Å². The van der Waals surface area contributed by atoms with Crippen LogP contribution in [0.2, 0.25) is 0 Å². The molecule has 0 fully saturated rings. The molecular weight excluding hydrogens is 196 g/mol. The number of nitrogens with one attached hydrogen (secondary N) is 1. The summed E-state index contributed by atoms with van der Waals surface area (Å²) in [7, 11) is 0. The summed E-state index contributed by atoms with van der Waals surface area (Å²) in [6.45, 7) is 1.81. The third-order valence-corrected chi connectivity index (χ3v) is 1.72. The van der Waals surface area contributed by atoms with Crippen LogP contribution in [0, 0.1) is 6.92 Å². The van der Waals surface area contributed by atoms with Crippen LogP contribution in [0.15, 0.2) is 18.2 Å². The van der Waals surface area contributed by atoms with E-state index in [1.807, 2.05) is 13.0 Å². The zero-order chi connectivity index (χ0) is 11.3. The van der Waals surface area contributed by atoms with Gasteiger partial charge < -0.3 is 10.4 Å². The zero-order valence-electron chi connectivity index (χ0n) is 8.36. The predicted octanol–water partition coefficient (Wildman–Crippen LogP) is 1.19. The molecule has 0 radical (unpaired) electrons. The lowest BCUT2D eigenvalue weighted by Crippen LogP contribution is -2.14. The fraction of sp³-hybridized carbons (Fsp3) is 0.300. The van der Waals surface area contributed by atoms with Crippen LogP contribution in [0.25, 0.3) is 0 Å². The largest absolute Gasteiger partial charge is 0.481 e. The van der Waals surface area contributed by atoms with Gasteiger partial charge in [0.15, 0.2) is 0 Å². The molecule has 1 aromatic rings. The van der Waals surface area contributed by atoms with Gasteiger partial charge in [0, 0.05) is 12.1 Å². The molecule has 0 spiro atoms. The molecule has 1 rings (SSSR count). The number of amides is 1. The number of aryl methyl sites for hydroxylation is 1. The summed E-state index contributed by atoms with van der Waals surface area (Å²) in [5, 5.41) is 10.9. The van der Waals surface area contributed by atoms with Gasteiger partial charge in [-0.15, -0.1) is 0 Å². The maximum atomic E-state index is 11.2. The summed E-state index contributed by atoms with van der Waals surface area (Å²) in [6.07, 6.45) is -0.206. The Hall–Kier alpha value is -1.91. The summed E-state index contributed by atoms with van der Waals surface area (Å²) >= 11 is 0. The van der Waals surface area contributed by atoms with Crippen LogP contribution >= 0.6 is 0 Å². The molecule has 0 aliphatic carbocycles. The molecule has 0 aliphatic rings. The minimum absolute atomic E-state index is 0.0368. The van der Waals surface area contributed by atoms with Crippen LogP contribution in [-0.2, 0) is 9.59 Å². The molecule has 80 valence electrons. The van der Waals surface area contributed by atoms with Crippen molar-refractivity contribution in [3.8, 4) is 0 Å². The van der Waals surface area contributed by atoms with Gasteiger partial charge in [0.25, 0.3) is 0 Å². The van der Waals surface area contributed by atoms with Gasteiger partial charge in [-0.3, -0.25) is 9.59 Å². The van der Waals surface area contributed by atoms with Gasteiger partial charge >= 0.3 is 5.97 Å². The molecule has 1 amide bonds. The molecular formula is C10H12N2O3. The quantitative estimate of drug-likeness (QED) is 0.779. The molecule has 2 N–H and O–H groups in total. The standard InChI is InChI=1S/C10H12N2O3/c1-7-3-2-4-8(11-7)12-9(13)5-6-10(14)15/h2-4H,5-6H2,1H3,(H,14,15)(H,11,12,13). The molecule has 1 heterocycles. The first-order chi connectivity index (χ1) is 7.08. The topological polar surface area (TPSA) is 79.3 Å². The van der Waals surface area contributed by atoms with E-state index in [2.05, 4.69) is 10.3 Å². The van der Waals surface area contributed by atoms with Gasteiger partial charge in [0.2, 0.25) is 5.91 Å². The highest BCUT2D eigenvalue weighted by Crippen LogP contribution is 2.04. The number of pyridine rings is 1. The maximum Gasteiger partial charge on any atom is 0.303 e. The fourth-order valence-electron chi connectivity index (χ4n) is 1.04. The Morgan fingerprint density at radius 3 is 2.73 bits per heavy atom. The van der Waals surface area contributed by atoms with Gasteiger partial charge in [-0.25, -0.2) is 4.98 Å². The van der Waals surface area contributed by atoms with Gasteiger partial charge in [-0.1, -0.05) is 6.07 Å². The number of aliphatic carboxylic acids is 1. The van der Waals surface area contributed by atoms with Crippen molar-refractivity contribution in [1.82, 2.24) is 4.98 Å². The highest BCUT2D eigenvalue weighted by molar-refractivity contribution is 5.91. The van der Waals surface area contributed by atoms with Crippen LogP contribution in [0.3, 0.4) is 0 Å². The van der Waals surface area contributed by atoms with Crippen LogP contribution in [0.1, 0.15) is 18.5 Å². The van der Waals surface area contributed by atoms with Crippen molar-refractivity contribution in [3.05, 3.63) is 23.9 Å². The minimum Gasteiger partial charge on any atom is -0.481 e. The summed E-state index contributed by atoms with van der Waals surface area (Å²) in [5.74, 6) is -0.872. The summed E-state index contributed by atoms with van der Waals surface area (Å²) in [6, 6.07) is 5.24. The number of aromatic nitrogens is 1. The van der Waals surface area contributed by atoms with Crippen LogP contribution in [0.5, 0.6) is 0 Å². The molecule has 15 heavy (non-hydrogen) atoms. The minimum atomic E-state index is -0.984. The first-order valence-electron chi connectivity index (χ1n) is 4.53. The van der Waals surface area contributed by atoms with Crippen molar-refractivity contribution in [3.63, 3.8) is 0 Å². The van der Waals surface area contributed by atoms with Gasteiger partial charge in [-0.05, 0) is 19.1 Å². The van der Waals surface area contributed by atoms with E-state index in [1.54, 1.807) is 12.1 Å². The average Bonchev–Trinajstić information content (AvgIpc) is 2.15. The van der Waals surface area contributed by atoms with Crippen molar-refractivity contribution in [2.75, 3.05) is 5.32 Å². The number of carboxylic acids is 1. The van der Waals surface area contributed by atoms with E-state index in [0.29, 0.717) is 5.82 Å². The highest BCUT2D eigenvalue weighted by Gasteiger charge is 2.05. The second-order valence-corrected chi connectivity index (χ2v) is 3.11. The highest BCUT2D eigenvalue weighted by atomic mass is 16.4. The molecule has 0 saturated carbocycles. The van der Waals surface area contributed by atoms with E-state index < -0.39 is 5.97 Å². The number of anilines is 1. The SMILES string of the molecule is Cc1cccc(NC(=O)CCC(=O)O)n1. The molecule has 0 bridgehead atoms. The Balaban J connectivity index is 2.48. The van der Waals surface area contributed by atoms with Gasteiger partial charge in [0.1, 0.15) is 5.82 Å². The number of carboxylic acid groups (broad SMARTS) is 1. The third-order valence-electron chi connectivity index (χ3n) is 1.72. The smallest absolute Gasteiger partial charge is 0.303 e. The number of carbonyl (C=O) groups is 2. The lowest BCUT2D eigenvalue weighted by Gasteiger charge is -2.03. The van der Waals surface area contributed by atoms with Crippen molar-refractivity contribution in [2.45, 2.75) is 19.8 Å². The van der Waals surface area contributed by atoms with Crippen LogP contribution < -0.4 is 5.32 Å². The molecule has 5 heteroatoms. The van der Waals surface area contributed by atoms with Crippen molar-refractivity contribution < 1.29 is 14.7 Å². The van der Waals surface area contributed by atoms with E-state index in [9.17, 15) is 9.59 Å². The Labute approximate surface area is 87.1 Å². The van der Waals surface area contributed by atoms with E-state index in [0.717, 1.165) is 5.69 Å². The molecule has 0 aromatic carbocycles. The summed E-state index contributed by atoms with van der Waals surface area (Å²) in [5.41, 5.74) is 0.797. The summed E-state index contributed by atoms with van der Waals surface area (Å²) < 4.78 is 0. The Morgan fingerprint density at radius 2 is 2.13 bits per heavy atom. The second kappa shape index (κ2) is 5.09. The molecule has 0 saturated heterocycles. The van der Waals surface area contributed by atoms with E-state index in [-0.39, 0.29) is 18.7 Å². The van der Waals surface area contributed by atoms with E-state index >= 15 is 0 Å². The predicted molar refractivity (Wildman–Crippen MR) is 54.5 cm³/mol. The van der Waals surface area contributed by atoms with E-state index in [4.69, 9.17) is 5.11 Å². The first kappa shape index (κ1) is 11.2. The molecule has 0 atom stereocenters. The van der Waals surface area contributed by atoms with Crippen LogP contribution in [0.4, 0.5) is 5.82 Å². The molecule has 0 unspecified atom stereocenters. The normalized spacial score (nSPS) is 9.67. The molecule has 1 aromatic heterocycles. The molecule has 5 nitrogen and oxygen atoms in total. The Bertz CT molecular complexity index is 377. The number of hydrogen-bond acceptors (Lipinski definition) is 3. The summed E-state index contributed by atoms with van der Waals surface area (Å²) in [4.78, 5) is 25.5. The Kier molecular flexibility index (Phi) is 3.79. The third kappa shape index (κ3) is 4.21. The van der Waals surface area contributed by atoms with Gasteiger partial charge in [0.05, 0.1) is 6.42 Å². The lowest BCUT2D eigenvalue weighted by molar-refractivity contribution is -0.138. The number of nitrogens with zero attached hydrogens (tertiary/aromatic N) is 1. The number of carbonyl (C=O) groups excluding carboxylic acids is 1. The first-order valence-corrected chi connectivity index (χ1v) is 4.53. The monoisotopic (exact) mass is 208 g/mol. The zero-order valence-corrected chi connectivity index (χ0v) is 8.36. The number of rotatable bonds is 4.